The molecule has 0 fully saturated rings. The summed E-state index contributed by atoms with van der Waals surface area (Å²) in [5.74, 6) is 0. The highest BCUT2D eigenvalue weighted by molar-refractivity contribution is 7.99. The molecule has 80 valence electrons. The zero-order chi connectivity index (χ0) is 11.1. The van der Waals surface area contributed by atoms with Crippen LogP contribution in [0.4, 0.5) is 11.4 Å². The number of nitrogens with one attached hydrogen (secondary N) is 1. The van der Waals surface area contributed by atoms with E-state index in [1.54, 1.807) is 11.8 Å². The summed E-state index contributed by atoms with van der Waals surface area (Å²) in [6, 6.07) is 12.3. The lowest BCUT2D eigenvalue weighted by Gasteiger charge is -2.23. The van der Waals surface area contributed by atoms with Crippen molar-refractivity contribution in [2.75, 3.05) is 5.32 Å². The SMILES string of the molecule is Cc1ccc(Cl)c2c1Nc1ccccc1S2. The van der Waals surface area contributed by atoms with Crippen LogP contribution in [0, 0.1) is 6.92 Å². The average molecular weight is 248 g/mol. The third-order valence-corrected chi connectivity index (χ3v) is 4.31. The van der Waals surface area contributed by atoms with Gasteiger partial charge in [-0.05, 0) is 30.7 Å². The minimum atomic E-state index is 0.813. The van der Waals surface area contributed by atoms with Crippen molar-refractivity contribution in [3.63, 3.8) is 0 Å². The second kappa shape index (κ2) is 3.72. The summed E-state index contributed by atoms with van der Waals surface area (Å²) in [7, 11) is 0. The molecule has 2 aromatic carbocycles. The van der Waals surface area contributed by atoms with Crippen molar-refractivity contribution in [1.82, 2.24) is 0 Å². The molecule has 16 heavy (non-hydrogen) atoms. The van der Waals surface area contributed by atoms with Gasteiger partial charge in [0.1, 0.15) is 0 Å². The van der Waals surface area contributed by atoms with Gasteiger partial charge in [-0.15, -0.1) is 0 Å². The van der Waals surface area contributed by atoms with Gasteiger partial charge < -0.3 is 5.32 Å². The highest BCUT2D eigenvalue weighted by Gasteiger charge is 2.18. The van der Waals surface area contributed by atoms with E-state index in [2.05, 4.69) is 24.4 Å². The maximum absolute atomic E-state index is 6.22. The molecular formula is C13H10ClNS. The standard InChI is InChI=1S/C13H10ClNS/c1-8-6-7-9(14)13-12(8)15-10-4-2-3-5-11(10)16-13/h2-7,15H,1H3. The Morgan fingerprint density at radius 3 is 2.81 bits per heavy atom. The fraction of sp³-hybridized carbons (Fsp3) is 0.0769. The molecule has 0 bridgehead atoms. The molecule has 1 aliphatic rings. The third kappa shape index (κ3) is 1.49. The summed E-state index contributed by atoms with van der Waals surface area (Å²) in [5, 5.41) is 4.26. The van der Waals surface area contributed by atoms with Crippen molar-refractivity contribution in [2.45, 2.75) is 16.7 Å². The first-order chi connectivity index (χ1) is 7.75. The molecule has 3 heteroatoms. The lowest BCUT2D eigenvalue weighted by atomic mass is 10.2. The molecule has 1 aliphatic heterocycles. The van der Waals surface area contributed by atoms with Gasteiger partial charge in [-0.3, -0.25) is 0 Å². The molecule has 0 aliphatic carbocycles. The fourth-order valence-electron chi connectivity index (χ4n) is 1.81. The number of fused-ring (bicyclic) bond motifs is 2. The number of anilines is 2. The number of para-hydroxylation sites is 1. The van der Waals surface area contributed by atoms with E-state index in [-0.39, 0.29) is 0 Å². The molecule has 0 saturated heterocycles. The first-order valence-electron chi connectivity index (χ1n) is 5.09. The van der Waals surface area contributed by atoms with Crippen molar-refractivity contribution in [1.29, 1.82) is 0 Å². The number of hydrogen-bond acceptors (Lipinski definition) is 2. The number of halogens is 1. The fourth-order valence-corrected chi connectivity index (χ4v) is 3.16. The third-order valence-electron chi connectivity index (χ3n) is 2.68. The summed E-state index contributed by atoms with van der Waals surface area (Å²) in [4.78, 5) is 2.35. The van der Waals surface area contributed by atoms with Gasteiger partial charge in [-0.1, -0.05) is 41.6 Å². The minimum absolute atomic E-state index is 0.813. The largest absolute Gasteiger partial charge is 0.353 e. The van der Waals surface area contributed by atoms with Gasteiger partial charge in [0.05, 0.1) is 21.3 Å². The molecule has 1 heterocycles. The molecule has 1 nitrogen and oxygen atoms in total. The molecule has 0 aromatic heterocycles. The van der Waals surface area contributed by atoms with Crippen LogP contribution in [0.2, 0.25) is 5.02 Å². The van der Waals surface area contributed by atoms with Crippen LogP contribution in [0.25, 0.3) is 0 Å². The van der Waals surface area contributed by atoms with Gasteiger partial charge in [-0.25, -0.2) is 0 Å². The second-order valence-electron chi connectivity index (χ2n) is 3.79. The Morgan fingerprint density at radius 2 is 1.94 bits per heavy atom. The summed E-state index contributed by atoms with van der Waals surface area (Å²) in [5.41, 5.74) is 3.52. The zero-order valence-electron chi connectivity index (χ0n) is 8.75. The van der Waals surface area contributed by atoms with Crippen molar-refractivity contribution < 1.29 is 0 Å². The maximum Gasteiger partial charge on any atom is 0.0571 e. The van der Waals surface area contributed by atoms with E-state index in [1.807, 2.05) is 24.3 Å². The lowest BCUT2D eigenvalue weighted by Crippen LogP contribution is -2.01. The van der Waals surface area contributed by atoms with Crippen LogP contribution in [0.3, 0.4) is 0 Å². The van der Waals surface area contributed by atoms with Crippen LogP contribution >= 0.6 is 23.4 Å². The first-order valence-corrected chi connectivity index (χ1v) is 6.28. The van der Waals surface area contributed by atoms with Crippen LogP contribution in [0.5, 0.6) is 0 Å². The topological polar surface area (TPSA) is 12.0 Å². The lowest BCUT2D eigenvalue weighted by molar-refractivity contribution is 1.27. The van der Waals surface area contributed by atoms with E-state index in [9.17, 15) is 0 Å². The molecule has 1 N–H and O–H groups in total. The second-order valence-corrected chi connectivity index (χ2v) is 5.25. The van der Waals surface area contributed by atoms with Gasteiger partial charge in [0, 0.05) is 4.90 Å². The first kappa shape index (κ1) is 10.1. The average Bonchev–Trinajstić information content (AvgIpc) is 2.32. The number of hydrogen-bond donors (Lipinski definition) is 1. The molecule has 0 saturated carbocycles. The highest BCUT2D eigenvalue weighted by Crippen LogP contribution is 2.48. The molecule has 0 atom stereocenters. The van der Waals surface area contributed by atoms with E-state index in [0.717, 1.165) is 21.3 Å². The Morgan fingerprint density at radius 1 is 1.12 bits per heavy atom. The monoisotopic (exact) mass is 247 g/mol. The quantitative estimate of drug-likeness (QED) is 0.609. The Kier molecular flexibility index (Phi) is 2.34. The molecule has 0 radical (unpaired) electrons. The summed E-state index contributed by atoms with van der Waals surface area (Å²) < 4.78 is 0. The van der Waals surface area contributed by atoms with Crippen LogP contribution in [-0.4, -0.2) is 0 Å². The van der Waals surface area contributed by atoms with Crippen molar-refractivity contribution >= 4 is 34.7 Å². The normalized spacial score (nSPS) is 12.6. The summed E-state index contributed by atoms with van der Waals surface area (Å²) in [6.07, 6.45) is 0. The molecule has 0 unspecified atom stereocenters. The van der Waals surface area contributed by atoms with Crippen LogP contribution in [-0.2, 0) is 0 Å². The van der Waals surface area contributed by atoms with E-state index in [4.69, 9.17) is 11.6 Å². The van der Waals surface area contributed by atoms with Crippen molar-refractivity contribution in [3.8, 4) is 0 Å². The van der Waals surface area contributed by atoms with E-state index in [1.165, 1.54) is 10.5 Å². The van der Waals surface area contributed by atoms with Gasteiger partial charge in [0.25, 0.3) is 0 Å². The predicted octanol–water partition coefficient (Wildman–Crippen LogP) is 4.86. The molecular weight excluding hydrogens is 238 g/mol. The van der Waals surface area contributed by atoms with Gasteiger partial charge in [-0.2, -0.15) is 0 Å². The minimum Gasteiger partial charge on any atom is -0.353 e. The number of aryl methyl sites for hydroxylation is 1. The summed E-state index contributed by atoms with van der Waals surface area (Å²) >= 11 is 7.95. The Labute approximate surface area is 104 Å². The van der Waals surface area contributed by atoms with E-state index in [0.29, 0.717) is 0 Å². The van der Waals surface area contributed by atoms with E-state index >= 15 is 0 Å². The van der Waals surface area contributed by atoms with Crippen LogP contribution in [0.15, 0.2) is 46.2 Å². The van der Waals surface area contributed by atoms with Gasteiger partial charge >= 0.3 is 0 Å². The molecule has 2 aromatic rings. The number of rotatable bonds is 0. The Bertz CT molecular complexity index is 516. The molecule has 0 amide bonds. The Hall–Kier alpha value is -1.12. The zero-order valence-corrected chi connectivity index (χ0v) is 10.3. The highest BCUT2D eigenvalue weighted by atomic mass is 35.5. The molecule has 0 spiro atoms. The van der Waals surface area contributed by atoms with Crippen LogP contribution < -0.4 is 5.32 Å². The Balaban J connectivity index is 2.19. The smallest absolute Gasteiger partial charge is 0.0571 e. The van der Waals surface area contributed by atoms with Crippen LogP contribution in [0.1, 0.15) is 5.56 Å². The number of benzene rings is 2. The molecule has 3 rings (SSSR count). The van der Waals surface area contributed by atoms with Crippen molar-refractivity contribution in [3.05, 3.63) is 47.0 Å². The van der Waals surface area contributed by atoms with Gasteiger partial charge in [0.15, 0.2) is 0 Å². The summed E-state index contributed by atoms with van der Waals surface area (Å²) in [6.45, 7) is 2.09. The van der Waals surface area contributed by atoms with Gasteiger partial charge in [0.2, 0.25) is 0 Å². The predicted molar refractivity (Wildman–Crippen MR) is 70.0 cm³/mol. The maximum atomic E-state index is 6.22. The van der Waals surface area contributed by atoms with E-state index < -0.39 is 0 Å². The van der Waals surface area contributed by atoms with Crippen molar-refractivity contribution in [2.24, 2.45) is 0 Å².